The molecule has 150 valence electrons. The Balaban J connectivity index is 1.61. The number of likely N-dealkylation sites (N-methyl/N-ethyl adjacent to an activating group) is 1. The summed E-state index contributed by atoms with van der Waals surface area (Å²) in [4.78, 5) is 28.3. The second-order valence-electron chi connectivity index (χ2n) is 7.66. The lowest BCUT2D eigenvalue weighted by Crippen LogP contribution is -2.59. The van der Waals surface area contributed by atoms with Crippen LogP contribution in [0.3, 0.4) is 0 Å². The van der Waals surface area contributed by atoms with E-state index in [9.17, 15) is 9.59 Å². The summed E-state index contributed by atoms with van der Waals surface area (Å²) in [5.41, 5.74) is 0.253. The number of amides is 2. The molecule has 2 amide bonds. The molecule has 1 aromatic heterocycles. The summed E-state index contributed by atoms with van der Waals surface area (Å²) in [5, 5.41) is 10.9. The van der Waals surface area contributed by atoms with Crippen molar-refractivity contribution in [2.45, 2.75) is 44.2 Å². The minimum atomic E-state index is -0.239. The zero-order valence-corrected chi connectivity index (χ0v) is 16.3. The fourth-order valence-electron chi connectivity index (χ4n) is 3.95. The molecule has 27 heavy (non-hydrogen) atoms. The van der Waals surface area contributed by atoms with Gasteiger partial charge in [-0.2, -0.15) is 0 Å². The largest absolute Gasteiger partial charge is 0.379 e. The molecule has 1 saturated carbocycles. The Morgan fingerprint density at radius 1 is 1.22 bits per heavy atom. The third-order valence-corrected chi connectivity index (χ3v) is 5.61. The standard InChI is InChI=1S/C18H30N6O3/c1-22(2)16(25)13-24-12-15(20-21-24)17(26)19-14-18(6-4-3-5-7-18)23-8-10-27-11-9-23/h12H,3-11,13-14H2,1-2H3,(H,19,26). The fraction of sp³-hybridized carbons (Fsp3) is 0.778. The first-order chi connectivity index (χ1) is 13.0. The Kier molecular flexibility index (Phi) is 6.43. The molecule has 0 aromatic carbocycles. The van der Waals surface area contributed by atoms with E-state index in [2.05, 4.69) is 20.5 Å². The molecular weight excluding hydrogens is 348 g/mol. The van der Waals surface area contributed by atoms with Gasteiger partial charge in [0.05, 0.1) is 19.4 Å². The van der Waals surface area contributed by atoms with Crippen molar-refractivity contribution in [3.8, 4) is 0 Å². The summed E-state index contributed by atoms with van der Waals surface area (Å²) in [6, 6.07) is 0. The van der Waals surface area contributed by atoms with Crippen molar-refractivity contribution >= 4 is 11.8 Å². The second-order valence-corrected chi connectivity index (χ2v) is 7.66. The van der Waals surface area contributed by atoms with Crippen LogP contribution in [0.1, 0.15) is 42.6 Å². The number of rotatable bonds is 6. The third-order valence-electron chi connectivity index (χ3n) is 5.61. The van der Waals surface area contributed by atoms with Crippen LogP contribution in [0.25, 0.3) is 0 Å². The van der Waals surface area contributed by atoms with E-state index in [1.54, 1.807) is 14.1 Å². The summed E-state index contributed by atoms with van der Waals surface area (Å²) >= 11 is 0. The van der Waals surface area contributed by atoms with Gasteiger partial charge in [0.2, 0.25) is 5.91 Å². The minimum Gasteiger partial charge on any atom is -0.379 e. The minimum absolute atomic E-state index is 0.00850. The number of hydrogen-bond acceptors (Lipinski definition) is 6. The van der Waals surface area contributed by atoms with Gasteiger partial charge in [0.25, 0.3) is 5.91 Å². The molecular formula is C18H30N6O3. The maximum atomic E-state index is 12.6. The highest BCUT2D eigenvalue weighted by Crippen LogP contribution is 2.33. The first-order valence-electron chi connectivity index (χ1n) is 9.71. The van der Waals surface area contributed by atoms with Crippen LogP contribution in [-0.2, 0) is 16.1 Å². The van der Waals surface area contributed by atoms with Crippen LogP contribution in [0, 0.1) is 0 Å². The first kappa shape index (κ1) is 19.8. The van der Waals surface area contributed by atoms with E-state index in [1.807, 2.05) is 0 Å². The smallest absolute Gasteiger partial charge is 0.273 e. The molecule has 3 rings (SSSR count). The summed E-state index contributed by atoms with van der Waals surface area (Å²) in [6.07, 6.45) is 7.36. The van der Waals surface area contributed by atoms with Crippen LogP contribution >= 0.6 is 0 Å². The second kappa shape index (κ2) is 8.79. The van der Waals surface area contributed by atoms with Gasteiger partial charge in [0.1, 0.15) is 6.54 Å². The Labute approximate surface area is 160 Å². The number of aromatic nitrogens is 3. The van der Waals surface area contributed by atoms with Crippen molar-refractivity contribution in [3.63, 3.8) is 0 Å². The number of morpholine rings is 1. The van der Waals surface area contributed by atoms with E-state index < -0.39 is 0 Å². The third kappa shape index (κ3) is 4.84. The lowest BCUT2D eigenvalue weighted by atomic mass is 9.79. The Morgan fingerprint density at radius 3 is 2.59 bits per heavy atom. The van der Waals surface area contributed by atoms with Crippen molar-refractivity contribution in [1.82, 2.24) is 30.1 Å². The Hall–Kier alpha value is -2.00. The molecule has 0 radical (unpaired) electrons. The Bertz CT molecular complexity index is 647. The molecule has 2 aliphatic rings. The Morgan fingerprint density at radius 2 is 1.93 bits per heavy atom. The van der Waals surface area contributed by atoms with Crippen molar-refractivity contribution in [2.24, 2.45) is 0 Å². The number of nitrogens with one attached hydrogen (secondary N) is 1. The van der Waals surface area contributed by atoms with E-state index >= 15 is 0 Å². The predicted octanol–water partition coefficient (Wildman–Crippen LogP) is 0.131. The van der Waals surface area contributed by atoms with Crippen molar-refractivity contribution in [1.29, 1.82) is 0 Å². The number of ether oxygens (including phenoxy) is 1. The zero-order valence-electron chi connectivity index (χ0n) is 16.3. The summed E-state index contributed by atoms with van der Waals surface area (Å²) in [6.45, 7) is 4.02. The highest BCUT2D eigenvalue weighted by Gasteiger charge is 2.39. The predicted molar refractivity (Wildman–Crippen MR) is 99.3 cm³/mol. The van der Waals surface area contributed by atoms with Crippen LogP contribution in [0.4, 0.5) is 0 Å². The molecule has 1 aromatic rings. The SMILES string of the molecule is CN(C)C(=O)Cn1cc(C(=O)NCC2(N3CCOCC3)CCCCC2)nn1. The highest BCUT2D eigenvalue weighted by molar-refractivity contribution is 5.92. The molecule has 9 heteroatoms. The topological polar surface area (TPSA) is 92.6 Å². The molecule has 2 fully saturated rings. The number of carbonyl (C=O) groups is 2. The molecule has 2 heterocycles. The molecule has 1 aliphatic heterocycles. The van der Waals surface area contributed by atoms with Gasteiger partial charge in [-0.3, -0.25) is 14.5 Å². The van der Waals surface area contributed by atoms with Crippen LogP contribution in [0.5, 0.6) is 0 Å². The van der Waals surface area contributed by atoms with Crippen molar-refractivity contribution < 1.29 is 14.3 Å². The van der Waals surface area contributed by atoms with Crippen LogP contribution < -0.4 is 5.32 Å². The maximum Gasteiger partial charge on any atom is 0.273 e. The summed E-state index contributed by atoms with van der Waals surface area (Å²) in [5.74, 6) is -0.336. The van der Waals surface area contributed by atoms with Gasteiger partial charge < -0.3 is 15.0 Å². The average Bonchev–Trinajstić information content (AvgIpc) is 3.16. The van der Waals surface area contributed by atoms with Crippen LogP contribution in [0.15, 0.2) is 6.20 Å². The van der Waals surface area contributed by atoms with Gasteiger partial charge in [-0.1, -0.05) is 24.5 Å². The van der Waals surface area contributed by atoms with Gasteiger partial charge >= 0.3 is 0 Å². The van der Waals surface area contributed by atoms with Gasteiger partial charge in [0, 0.05) is 39.3 Å². The molecule has 0 atom stereocenters. The van der Waals surface area contributed by atoms with E-state index in [0.29, 0.717) is 6.54 Å². The van der Waals surface area contributed by atoms with Gasteiger partial charge in [-0.25, -0.2) is 4.68 Å². The lowest BCUT2D eigenvalue weighted by molar-refractivity contribution is -0.129. The van der Waals surface area contributed by atoms with Gasteiger partial charge in [0.15, 0.2) is 5.69 Å². The number of hydrogen-bond donors (Lipinski definition) is 1. The van der Waals surface area contributed by atoms with Crippen LogP contribution in [-0.4, -0.2) is 89.1 Å². The van der Waals surface area contributed by atoms with Crippen molar-refractivity contribution in [2.75, 3.05) is 46.9 Å². The molecule has 0 spiro atoms. The molecule has 1 aliphatic carbocycles. The van der Waals surface area contributed by atoms with Crippen molar-refractivity contribution in [3.05, 3.63) is 11.9 Å². The summed E-state index contributed by atoms with van der Waals surface area (Å²) in [7, 11) is 3.37. The van der Waals surface area contributed by atoms with Crippen LogP contribution in [0.2, 0.25) is 0 Å². The monoisotopic (exact) mass is 378 g/mol. The van der Waals surface area contributed by atoms with E-state index in [-0.39, 0.29) is 29.6 Å². The average molecular weight is 378 g/mol. The van der Waals surface area contributed by atoms with Gasteiger partial charge in [-0.05, 0) is 12.8 Å². The zero-order chi connectivity index (χ0) is 19.3. The molecule has 1 saturated heterocycles. The quantitative estimate of drug-likeness (QED) is 0.757. The first-order valence-corrected chi connectivity index (χ1v) is 9.71. The highest BCUT2D eigenvalue weighted by atomic mass is 16.5. The lowest BCUT2D eigenvalue weighted by Gasteiger charge is -2.48. The number of carbonyl (C=O) groups excluding carboxylic acids is 2. The summed E-state index contributed by atoms with van der Waals surface area (Å²) < 4.78 is 6.90. The van der Waals surface area contributed by atoms with E-state index in [1.165, 1.54) is 35.0 Å². The number of nitrogens with zero attached hydrogens (tertiary/aromatic N) is 5. The maximum absolute atomic E-state index is 12.6. The molecule has 0 unspecified atom stereocenters. The normalized spacial score (nSPS) is 20.2. The van der Waals surface area contributed by atoms with E-state index in [0.717, 1.165) is 39.1 Å². The van der Waals surface area contributed by atoms with E-state index in [4.69, 9.17) is 4.74 Å². The molecule has 0 bridgehead atoms. The molecule has 1 N–H and O–H groups in total. The van der Waals surface area contributed by atoms with Gasteiger partial charge in [-0.15, -0.1) is 5.10 Å². The molecule has 9 nitrogen and oxygen atoms in total. The fourth-order valence-corrected chi connectivity index (χ4v) is 3.95.